The van der Waals surface area contributed by atoms with Crippen molar-refractivity contribution in [2.75, 3.05) is 33.5 Å². The van der Waals surface area contributed by atoms with Crippen molar-refractivity contribution < 1.29 is 14.3 Å². The van der Waals surface area contributed by atoms with E-state index in [1.54, 1.807) is 11.7 Å². The number of carbonyl (C=O) groups is 1. The van der Waals surface area contributed by atoms with Crippen molar-refractivity contribution >= 4 is 17.1 Å². The van der Waals surface area contributed by atoms with Gasteiger partial charge in [0.2, 0.25) is 5.91 Å². The molecule has 1 amide bonds. The number of imidazole rings is 1. The highest BCUT2D eigenvalue weighted by atomic mass is 16.5. The molecule has 1 aliphatic heterocycles. The molecule has 1 N–H and O–H groups in total. The fourth-order valence-electron chi connectivity index (χ4n) is 3.85. The van der Waals surface area contributed by atoms with Gasteiger partial charge in [0.1, 0.15) is 6.54 Å². The van der Waals surface area contributed by atoms with Crippen LogP contribution in [0.5, 0.6) is 0 Å². The van der Waals surface area contributed by atoms with Gasteiger partial charge in [0.05, 0.1) is 26.1 Å². The van der Waals surface area contributed by atoms with Gasteiger partial charge >= 0.3 is 5.69 Å². The lowest BCUT2D eigenvalue weighted by molar-refractivity contribution is -0.122. The molecule has 1 atom stereocenters. The zero-order valence-electron chi connectivity index (χ0n) is 18.0. The molecule has 1 unspecified atom stereocenters. The van der Waals surface area contributed by atoms with E-state index in [0.717, 1.165) is 16.6 Å². The van der Waals surface area contributed by atoms with Crippen LogP contribution in [0.15, 0.2) is 46.2 Å². The lowest BCUT2D eigenvalue weighted by atomic mass is 10.1. The van der Waals surface area contributed by atoms with Gasteiger partial charge in [0, 0.05) is 32.7 Å². The van der Waals surface area contributed by atoms with E-state index in [9.17, 15) is 14.4 Å². The van der Waals surface area contributed by atoms with Gasteiger partial charge in [0.15, 0.2) is 11.2 Å². The third-order valence-electron chi connectivity index (χ3n) is 5.62. The molecular formula is C22H27N5O5. The molecule has 0 spiro atoms. The van der Waals surface area contributed by atoms with Crippen molar-refractivity contribution in [3.8, 4) is 0 Å². The minimum absolute atomic E-state index is 0.235. The third-order valence-corrected chi connectivity index (χ3v) is 5.62. The molecule has 0 radical (unpaired) electrons. The van der Waals surface area contributed by atoms with Crippen molar-refractivity contribution in [2.45, 2.75) is 26.1 Å². The van der Waals surface area contributed by atoms with Crippen LogP contribution >= 0.6 is 0 Å². The highest BCUT2D eigenvalue weighted by molar-refractivity contribution is 5.76. The standard InChI is InChI=1S/C22H27N5O5/c1-31-10-8-25-15-24-20-19(25)21(29)27(13-18(28)23-11-17-7-9-32-14-17)22(30)26(20)12-16-5-3-2-4-6-16/h2-6,15,17H,7-14H2,1H3,(H,23,28). The summed E-state index contributed by atoms with van der Waals surface area (Å²) in [5.41, 5.74) is 0.345. The minimum Gasteiger partial charge on any atom is -0.383 e. The Bertz CT molecular complexity index is 1190. The molecule has 1 saturated heterocycles. The molecule has 1 fully saturated rings. The minimum atomic E-state index is -0.567. The zero-order chi connectivity index (χ0) is 22.5. The first-order chi connectivity index (χ1) is 15.6. The molecule has 10 heteroatoms. The summed E-state index contributed by atoms with van der Waals surface area (Å²) in [4.78, 5) is 43.4. The predicted octanol–water partition coefficient (Wildman–Crippen LogP) is 0.207. The van der Waals surface area contributed by atoms with E-state index in [1.165, 1.54) is 10.9 Å². The molecule has 10 nitrogen and oxygen atoms in total. The Labute approximate surface area is 184 Å². The summed E-state index contributed by atoms with van der Waals surface area (Å²) in [5, 5.41) is 2.82. The fraction of sp³-hybridized carbons (Fsp3) is 0.455. The van der Waals surface area contributed by atoms with Gasteiger partial charge in [-0.15, -0.1) is 0 Å². The highest BCUT2D eigenvalue weighted by Crippen LogP contribution is 2.11. The summed E-state index contributed by atoms with van der Waals surface area (Å²) in [6.07, 6.45) is 2.41. The number of hydrogen-bond donors (Lipinski definition) is 1. The Hall–Kier alpha value is -3.24. The third kappa shape index (κ3) is 4.66. The van der Waals surface area contributed by atoms with Crippen LogP contribution in [0.25, 0.3) is 11.2 Å². The quantitative estimate of drug-likeness (QED) is 0.508. The van der Waals surface area contributed by atoms with Crippen LogP contribution in [0, 0.1) is 5.92 Å². The smallest absolute Gasteiger partial charge is 0.333 e. The van der Waals surface area contributed by atoms with E-state index >= 15 is 0 Å². The Balaban J connectivity index is 1.70. The summed E-state index contributed by atoms with van der Waals surface area (Å²) in [6, 6.07) is 9.44. The molecule has 0 bridgehead atoms. The van der Waals surface area contributed by atoms with Gasteiger partial charge in [-0.05, 0) is 12.0 Å². The SMILES string of the molecule is COCCn1cnc2c1c(=O)n(CC(=O)NCC1CCOC1)c(=O)n2Cc1ccccc1. The molecule has 0 aliphatic carbocycles. The molecule has 1 aromatic carbocycles. The average Bonchev–Trinajstić information content (AvgIpc) is 3.47. The second-order valence-electron chi connectivity index (χ2n) is 7.88. The fourth-order valence-corrected chi connectivity index (χ4v) is 3.85. The number of hydrogen-bond acceptors (Lipinski definition) is 6. The summed E-state index contributed by atoms with van der Waals surface area (Å²) in [7, 11) is 1.57. The van der Waals surface area contributed by atoms with Gasteiger partial charge in [-0.2, -0.15) is 0 Å². The molecule has 3 aromatic rings. The molecule has 4 rings (SSSR count). The number of ether oxygens (including phenoxy) is 2. The number of rotatable bonds is 9. The topological polar surface area (TPSA) is 109 Å². The van der Waals surface area contributed by atoms with E-state index in [0.29, 0.717) is 38.6 Å². The van der Waals surface area contributed by atoms with E-state index < -0.39 is 11.2 Å². The van der Waals surface area contributed by atoms with Crippen LogP contribution in [0.3, 0.4) is 0 Å². The number of aromatic nitrogens is 4. The van der Waals surface area contributed by atoms with E-state index in [-0.39, 0.29) is 30.4 Å². The zero-order valence-corrected chi connectivity index (χ0v) is 18.0. The van der Waals surface area contributed by atoms with Crippen molar-refractivity contribution in [3.05, 3.63) is 63.1 Å². The number of amides is 1. The maximum Gasteiger partial charge on any atom is 0.333 e. The lowest BCUT2D eigenvalue weighted by Crippen LogP contribution is -2.45. The number of carbonyl (C=O) groups excluding carboxylic acids is 1. The first-order valence-electron chi connectivity index (χ1n) is 10.6. The summed E-state index contributed by atoms with van der Waals surface area (Å²) in [6.45, 7) is 2.41. The van der Waals surface area contributed by atoms with Crippen molar-refractivity contribution in [1.29, 1.82) is 0 Å². The van der Waals surface area contributed by atoms with Crippen LogP contribution in [0.1, 0.15) is 12.0 Å². The highest BCUT2D eigenvalue weighted by Gasteiger charge is 2.21. The first kappa shape index (κ1) is 22.0. The van der Waals surface area contributed by atoms with Crippen LogP contribution in [0.2, 0.25) is 0 Å². The van der Waals surface area contributed by atoms with Crippen molar-refractivity contribution in [2.24, 2.45) is 5.92 Å². The summed E-state index contributed by atoms with van der Waals surface area (Å²) in [5.74, 6) is -0.131. The van der Waals surface area contributed by atoms with E-state index in [1.807, 2.05) is 30.3 Å². The molecule has 0 saturated carbocycles. The van der Waals surface area contributed by atoms with Crippen LogP contribution in [0.4, 0.5) is 0 Å². The largest absolute Gasteiger partial charge is 0.383 e. The molecular weight excluding hydrogens is 414 g/mol. The Morgan fingerprint density at radius 3 is 2.78 bits per heavy atom. The van der Waals surface area contributed by atoms with Gasteiger partial charge < -0.3 is 19.4 Å². The normalized spacial score (nSPS) is 16.0. The monoisotopic (exact) mass is 441 g/mol. The molecule has 170 valence electrons. The van der Waals surface area contributed by atoms with Crippen molar-refractivity contribution in [1.82, 2.24) is 24.0 Å². The van der Waals surface area contributed by atoms with Crippen LogP contribution in [-0.2, 0) is 33.9 Å². The Morgan fingerprint density at radius 1 is 1.25 bits per heavy atom. The predicted molar refractivity (Wildman–Crippen MR) is 118 cm³/mol. The Morgan fingerprint density at radius 2 is 2.06 bits per heavy atom. The average molecular weight is 441 g/mol. The molecule has 2 aromatic heterocycles. The van der Waals surface area contributed by atoms with Crippen molar-refractivity contribution in [3.63, 3.8) is 0 Å². The number of nitrogens with zero attached hydrogens (tertiary/aromatic N) is 4. The second-order valence-corrected chi connectivity index (χ2v) is 7.88. The lowest BCUT2D eigenvalue weighted by Gasteiger charge is -2.14. The summed E-state index contributed by atoms with van der Waals surface area (Å²) < 4.78 is 14.5. The van der Waals surface area contributed by atoms with Gasteiger partial charge in [0.25, 0.3) is 5.56 Å². The second kappa shape index (κ2) is 9.92. The van der Waals surface area contributed by atoms with Gasteiger partial charge in [-0.3, -0.25) is 14.2 Å². The van der Waals surface area contributed by atoms with Gasteiger partial charge in [-0.25, -0.2) is 14.3 Å². The number of fused-ring (bicyclic) bond motifs is 1. The summed E-state index contributed by atoms with van der Waals surface area (Å²) >= 11 is 0. The Kier molecular flexibility index (Phi) is 6.81. The molecule has 1 aliphatic rings. The molecule has 32 heavy (non-hydrogen) atoms. The van der Waals surface area contributed by atoms with Crippen LogP contribution in [-0.4, -0.2) is 58.1 Å². The number of methoxy groups -OCH3 is 1. The number of nitrogens with one attached hydrogen (secondary N) is 1. The molecule has 3 heterocycles. The number of benzene rings is 1. The van der Waals surface area contributed by atoms with Gasteiger partial charge in [-0.1, -0.05) is 30.3 Å². The van der Waals surface area contributed by atoms with E-state index in [4.69, 9.17) is 9.47 Å². The maximum absolute atomic E-state index is 13.3. The van der Waals surface area contributed by atoms with E-state index in [2.05, 4.69) is 10.3 Å². The first-order valence-corrected chi connectivity index (χ1v) is 10.6. The van der Waals surface area contributed by atoms with Crippen LogP contribution < -0.4 is 16.6 Å². The maximum atomic E-state index is 13.3.